The summed E-state index contributed by atoms with van der Waals surface area (Å²) in [4.78, 5) is 0. The molecule has 0 aliphatic carbocycles. The molecule has 2 nitrogen and oxygen atoms in total. The first kappa shape index (κ1) is 11.8. The third-order valence-electron chi connectivity index (χ3n) is 1.79. The molecule has 0 aromatic heterocycles. The van der Waals surface area contributed by atoms with Gasteiger partial charge >= 0.3 is 0 Å². The average Bonchev–Trinajstić information content (AvgIpc) is 2.16. The van der Waals surface area contributed by atoms with Crippen LogP contribution in [-0.2, 0) is 0 Å². The second-order valence-electron chi connectivity index (χ2n) is 2.70. The Labute approximate surface area is 99.8 Å². The third-order valence-corrected chi connectivity index (χ3v) is 2.97. The standard InChI is InChI=1S/C10H10Br2O2/c1-3-9(13)6-4-7(11)10(14-2)8(12)5-6/h3-5,9,13H,1H2,2H3. The SMILES string of the molecule is C=CC(O)c1cc(Br)c(OC)c(Br)c1. The molecule has 0 amide bonds. The van der Waals surface area contributed by atoms with Crippen molar-refractivity contribution in [1.82, 2.24) is 0 Å². The van der Waals surface area contributed by atoms with Gasteiger partial charge in [0.25, 0.3) is 0 Å². The first-order valence-corrected chi connectivity index (χ1v) is 5.52. The van der Waals surface area contributed by atoms with Crippen LogP contribution in [0.5, 0.6) is 5.75 Å². The number of rotatable bonds is 3. The van der Waals surface area contributed by atoms with Gasteiger partial charge in [-0.2, -0.15) is 0 Å². The molecular weight excluding hydrogens is 312 g/mol. The van der Waals surface area contributed by atoms with Gasteiger partial charge in [-0.05, 0) is 49.6 Å². The number of benzene rings is 1. The van der Waals surface area contributed by atoms with Gasteiger partial charge < -0.3 is 9.84 Å². The third kappa shape index (κ3) is 2.38. The Morgan fingerprint density at radius 2 is 1.93 bits per heavy atom. The molecule has 0 saturated carbocycles. The van der Waals surface area contributed by atoms with E-state index in [9.17, 15) is 5.11 Å². The fourth-order valence-electron chi connectivity index (χ4n) is 1.08. The Kier molecular flexibility index (Phi) is 4.16. The van der Waals surface area contributed by atoms with E-state index in [4.69, 9.17) is 4.74 Å². The van der Waals surface area contributed by atoms with Gasteiger partial charge in [-0.3, -0.25) is 0 Å². The molecule has 1 atom stereocenters. The molecule has 1 unspecified atom stereocenters. The highest BCUT2D eigenvalue weighted by Gasteiger charge is 2.10. The number of ether oxygens (including phenoxy) is 1. The molecule has 0 aliphatic rings. The number of aliphatic hydroxyl groups is 1. The van der Waals surface area contributed by atoms with Crippen LogP contribution in [0.1, 0.15) is 11.7 Å². The summed E-state index contributed by atoms with van der Waals surface area (Å²) in [6.07, 6.45) is 0.814. The summed E-state index contributed by atoms with van der Waals surface area (Å²) in [5.74, 6) is 0.713. The molecule has 0 radical (unpaired) electrons. The van der Waals surface area contributed by atoms with Gasteiger partial charge in [0.15, 0.2) is 0 Å². The number of hydrogen-bond acceptors (Lipinski definition) is 2. The highest BCUT2D eigenvalue weighted by Crippen LogP contribution is 2.36. The van der Waals surface area contributed by atoms with E-state index in [1.165, 1.54) is 6.08 Å². The van der Waals surface area contributed by atoms with E-state index in [1.54, 1.807) is 19.2 Å². The van der Waals surface area contributed by atoms with Gasteiger partial charge in [-0.1, -0.05) is 6.08 Å². The number of hydrogen-bond donors (Lipinski definition) is 1. The second kappa shape index (κ2) is 4.96. The zero-order valence-corrected chi connectivity index (χ0v) is 10.8. The van der Waals surface area contributed by atoms with Crippen LogP contribution in [0.25, 0.3) is 0 Å². The van der Waals surface area contributed by atoms with E-state index in [0.29, 0.717) is 5.75 Å². The first-order valence-electron chi connectivity index (χ1n) is 3.93. The van der Waals surface area contributed by atoms with E-state index in [0.717, 1.165) is 14.5 Å². The van der Waals surface area contributed by atoms with E-state index >= 15 is 0 Å². The van der Waals surface area contributed by atoms with Crippen molar-refractivity contribution < 1.29 is 9.84 Å². The fraction of sp³-hybridized carbons (Fsp3) is 0.200. The van der Waals surface area contributed by atoms with Gasteiger partial charge in [0.1, 0.15) is 5.75 Å². The van der Waals surface area contributed by atoms with E-state index in [2.05, 4.69) is 38.4 Å². The second-order valence-corrected chi connectivity index (χ2v) is 4.41. The van der Waals surface area contributed by atoms with Crippen LogP contribution >= 0.6 is 31.9 Å². The smallest absolute Gasteiger partial charge is 0.147 e. The summed E-state index contributed by atoms with van der Waals surface area (Å²) in [6, 6.07) is 3.60. The fourth-order valence-corrected chi connectivity index (χ4v) is 2.63. The lowest BCUT2D eigenvalue weighted by atomic mass is 10.1. The molecule has 0 heterocycles. The monoisotopic (exact) mass is 320 g/mol. The maximum absolute atomic E-state index is 9.54. The van der Waals surface area contributed by atoms with E-state index in [-0.39, 0.29) is 0 Å². The van der Waals surface area contributed by atoms with Crippen LogP contribution in [0.3, 0.4) is 0 Å². The van der Waals surface area contributed by atoms with Crippen LogP contribution in [0, 0.1) is 0 Å². The minimum atomic E-state index is -0.659. The van der Waals surface area contributed by atoms with Crippen LogP contribution in [0.2, 0.25) is 0 Å². The molecule has 0 bridgehead atoms. The molecule has 0 aliphatic heterocycles. The largest absolute Gasteiger partial charge is 0.494 e. The Bertz CT molecular complexity index is 327. The maximum atomic E-state index is 9.54. The Balaban J connectivity index is 3.20. The van der Waals surface area contributed by atoms with E-state index < -0.39 is 6.10 Å². The summed E-state index contributed by atoms with van der Waals surface area (Å²) in [5.41, 5.74) is 0.763. The average molecular weight is 322 g/mol. The van der Waals surface area contributed by atoms with Crippen LogP contribution < -0.4 is 4.74 Å². The van der Waals surface area contributed by atoms with Crippen LogP contribution in [0.15, 0.2) is 33.7 Å². The first-order chi connectivity index (χ1) is 6.60. The zero-order chi connectivity index (χ0) is 10.7. The molecule has 0 spiro atoms. The molecular formula is C10H10Br2O2. The minimum Gasteiger partial charge on any atom is -0.494 e. The van der Waals surface area contributed by atoms with Gasteiger partial charge in [-0.15, -0.1) is 6.58 Å². The molecule has 76 valence electrons. The van der Waals surface area contributed by atoms with Crippen molar-refractivity contribution in [3.8, 4) is 5.75 Å². The molecule has 1 aromatic carbocycles. The topological polar surface area (TPSA) is 29.5 Å². The van der Waals surface area contributed by atoms with Gasteiger partial charge in [-0.25, -0.2) is 0 Å². The van der Waals surface area contributed by atoms with Crippen LogP contribution in [-0.4, -0.2) is 12.2 Å². The van der Waals surface area contributed by atoms with Gasteiger partial charge in [0.2, 0.25) is 0 Å². The molecule has 14 heavy (non-hydrogen) atoms. The zero-order valence-electron chi connectivity index (χ0n) is 7.63. The van der Waals surface area contributed by atoms with Crippen LogP contribution in [0.4, 0.5) is 0 Å². The summed E-state index contributed by atoms with van der Waals surface area (Å²) < 4.78 is 6.74. The van der Waals surface area contributed by atoms with Crippen molar-refractivity contribution in [2.24, 2.45) is 0 Å². The molecule has 4 heteroatoms. The van der Waals surface area contributed by atoms with Gasteiger partial charge in [0, 0.05) is 0 Å². The summed E-state index contributed by atoms with van der Waals surface area (Å²) in [5, 5.41) is 9.54. The minimum absolute atomic E-state index is 0.659. The Morgan fingerprint density at radius 1 is 1.43 bits per heavy atom. The van der Waals surface area contributed by atoms with Crippen molar-refractivity contribution in [3.05, 3.63) is 39.3 Å². The molecule has 1 aromatic rings. The molecule has 1 N–H and O–H groups in total. The van der Waals surface area contributed by atoms with Gasteiger partial charge in [0.05, 0.1) is 22.2 Å². The Hall–Kier alpha value is -0.320. The Morgan fingerprint density at radius 3 is 2.29 bits per heavy atom. The predicted molar refractivity (Wildman–Crippen MR) is 63.6 cm³/mol. The summed E-state index contributed by atoms with van der Waals surface area (Å²) >= 11 is 6.71. The van der Waals surface area contributed by atoms with Crippen molar-refractivity contribution in [1.29, 1.82) is 0 Å². The number of halogens is 2. The lowest BCUT2D eigenvalue weighted by molar-refractivity contribution is 0.229. The quantitative estimate of drug-likeness (QED) is 0.864. The number of methoxy groups -OCH3 is 1. The van der Waals surface area contributed by atoms with Crippen molar-refractivity contribution in [2.45, 2.75) is 6.10 Å². The molecule has 0 saturated heterocycles. The van der Waals surface area contributed by atoms with E-state index in [1.807, 2.05) is 0 Å². The molecule has 1 rings (SSSR count). The predicted octanol–water partition coefficient (Wildman–Crippen LogP) is 3.44. The highest BCUT2D eigenvalue weighted by atomic mass is 79.9. The summed E-state index contributed by atoms with van der Waals surface area (Å²) in [6.45, 7) is 3.53. The van der Waals surface area contributed by atoms with Crippen molar-refractivity contribution in [3.63, 3.8) is 0 Å². The normalized spacial score (nSPS) is 12.3. The van der Waals surface area contributed by atoms with Crippen molar-refractivity contribution >= 4 is 31.9 Å². The highest BCUT2D eigenvalue weighted by molar-refractivity contribution is 9.11. The lowest BCUT2D eigenvalue weighted by Gasteiger charge is -2.11. The maximum Gasteiger partial charge on any atom is 0.147 e. The lowest BCUT2D eigenvalue weighted by Crippen LogP contribution is -1.95. The van der Waals surface area contributed by atoms with Crippen molar-refractivity contribution in [2.75, 3.05) is 7.11 Å². The summed E-state index contributed by atoms with van der Waals surface area (Å²) in [7, 11) is 1.59. The molecule has 0 fully saturated rings. The number of aliphatic hydroxyl groups excluding tert-OH is 1.